The smallest absolute Gasteiger partial charge is 0.450 e. The van der Waals surface area contributed by atoms with Gasteiger partial charge in [0.2, 0.25) is 0 Å². The highest BCUT2D eigenvalue weighted by atomic mass is 16.7. The zero-order valence-electron chi connectivity index (χ0n) is 16.6. The Morgan fingerprint density at radius 3 is 1.96 bits per heavy atom. The van der Waals surface area contributed by atoms with Crippen molar-refractivity contribution in [3.05, 3.63) is 35.9 Å². The first-order chi connectivity index (χ1) is 12.7. The van der Waals surface area contributed by atoms with Gasteiger partial charge < -0.3 is 9.84 Å². The Hall–Kier alpha value is -1.51. The zero-order valence-corrected chi connectivity index (χ0v) is 16.6. The first-order valence-corrected chi connectivity index (χ1v) is 10.7. The molecule has 0 aliphatic rings. The van der Waals surface area contributed by atoms with E-state index < -0.39 is 6.16 Å². The molecular weight excluding hydrogens is 324 g/mol. The fraction of sp³-hybridized carbons (Fsp3) is 0.696. The van der Waals surface area contributed by atoms with Gasteiger partial charge in [0.05, 0.1) is 0 Å². The van der Waals surface area contributed by atoms with Crippen molar-refractivity contribution in [2.75, 3.05) is 0 Å². The Kier molecular flexibility index (Phi) is 13.6. The standard InChI is InChI=1S/C23H38O3/c1-2-3-4-7-14-19-22(26-23(24)25)20-15-9-6-5-8-11-16-21-17-12-10-13-18-21/h10,12-13,17-18,22H,2-9,11,14-16,19-20H2,1H3,(H,24,25). The first-order valence-electron chi connectivity index (χ1n) is 10.7. The van der Waals surface area contributed by atoms with Crippen LogP contribution in [0.4, 0.5) is 4.79 Å². The molecule has 1 rings (SSSR count). The highest BCUT2D eigenvalue weighted by Gasteiger charge is 2.12. The Labute approximate surface area is 160 Å². The highest BCUT2D eigenvalue weighted by Crippen LogP contribution is 2.17. The van der Waals surface area contributed by atoms with Crippen LogP contribution in [0.1, 0.15) is 96.0 Å². The third-order valence-corrected chi connectivity index (χ3v) is 4.98. The monoisotopic (exact) mass is 362 g/mol. The van der Waals surface area contributed by atoms with Crippen molar-refractivity contribution in [3.8, 4) is 0 Å². The summed E-state index contributed by atoms with van der Waals surface area (Å²) in [6.07, 6.45) is 15.0. The quantitative estimate of drug-likeness (QED) is 0.246. The molecule has 26 heavy (non-hydrogen) atoms. The minimum Gasteiger partial charge on any atom is -0.450 e. The lowest BCUT2D eigenvalue weighted by Gasteiger charge is -2.15. The van der Waals surface area contributed by atoms with Crippen LogP contribution in [0.2, 0.25) is 0 Å². The maximum Gasteiger partial charge on any atom is 0.506 e. The molecule has 0 aromatic heterocycles. The van der Waals surface area contributed by atoms with Gasteiger partial charge in [-0.25, -0.2) is 4.79 Å². The van der Waals surface area contributed by atoms with Gasteiger partial charge in [-0.05, 0) is 44.1 Å². The molecule has 1 aromatic carbocycles. The first kappa shape index (κ1) is 22.5. The normalized spacial score (nSPS) is 12.0. The van der Waals surface area contributed by atoms with Crippen LogP contribution < -0.4 is 0 Å². The molecule has 0 aliphatic carbocycles. The number of rotatable bonds is 16. The number of ether oxygens (including phenoxy) is 1. The van der Waals surface area contributed by atoms with Crippen LogP contribution in [0.3, 0.4) is 0 Å². The molecule has 0 bridgehead atoms. The lowest BCUT2D eigenvalue weighted by atomic mass is 10.0. The molecule has 148 valence electrons. The number of hydrogen-bond acceptors (Lipinski definition) is 2. The molecule has 0 heterocycles. The van der Waals surface area contributed by atoms with Gasteiger partial charge in [-0.2, -0.15) is 0 Å². The number of hydrogen-bond donors (Lipinski definition) is 1. The second-order valence-corrected chi connectivity index (χ2v) is 7.35. The summed E-state index contributed by atoms with van der Waals surface area (Å²) in [7, 11) is 0. The van der Waals surface area contributed by atoms with E-state index in [1.807, 2.05) is 0 Å². The molecule has 0 aliphatic heterocycles. The molecule has 0 fully saturated rings. The predicted octanol–water partition coefficient (Wildman–Crippen LogP) is 7.38. The van der Waals surface area contributed by atoms with Crippen molar-refractivity contribution in [1.29, 1.82) is 0 Å². The van der Waals surface area contributed by atoms with Crippen LogP contribution in [0.25, 0.3) is 0 Å². The highest BCUT2D eigenvalue weighted by molar-refractivity contribution is 5.57. The Morgan fingerprint density at radius 1 is 0.846 bits per heavy atom. The van der Waals surface area contributed by atoms with E-state index in [4.69, 9.17) is 9.84 Å². The van der Waals surface area contributed by atoms with Gasteiger partial charge in [0.25, 0.3) is 0 Å². The largest absolute Gasteiger partial charge is 0.506 e. The Balaban J connectivity index is 2.01. The summed E-state index contributed by atoms with van der Waals surface area (Å²) in [5.41, 5.74) is 1.43. The fourth-order valence-corrected chi connectivity index (χ4v) is 3.43. The number of aryl methyl sites for hydroxylation is 1. The van der Waals surface area contributed by atoms with E-state index in [-0.39, 0.29) is 6.10 Å². The van der Waals surface area contributed by atoms with Gasteiger partial charge in [-0.3, -0.25) is 0 Å². The molecule has 1 atom stereocenters. The van der Waals surface area contributed by atoms with E-state index in [9.17, 15) is 4.79 Å². The van der Waals surface area contributed by atoms with Crippen LogP contribution in [0, 0.1) is 0 Å². The summed E-state index contributed by atoms with van der Waals surface area (Å²) in [4.78, 5) is 10.8. The number of carbonyl (C=O) groups is 1. The molecule has 1 unspecified atom stereocenters. The van der Waals surface area contributed by atoms with Gasteiger partial charge in [-0.15, -0.1) is 0 Å². The van der Waals surface area contributed by atoms with Gasteiger partial charge in [0, 0.05) is 0 Å². The lowest BCUT2D eigenvalue weighted by Crippen LogP contribution is -2.16. The van der Waals surface area contributed by atoms with E-state index >= 15 is 0 Å². The van der Waals surface area contributed by atoms with Crippen LogP contribution in [-0.4, -0.2) is 17.4 Å². The molecule has 0 spiro atoms. The third-order valence-electron chi connectivity index (χ3n) is 4.98. The van der Waals surface area contributed by atoms with Crippen molar-refractivity contribution in [1.82, 2.24) is 0 Å². The average molecular weight is 363 g/mol. The summed E-state index contributed by atoms with van der Waals surface area (Å²) in [5.74, 6) is 0. The molecule has 1 aromatic rings. The Bertz CT molecular complexity index is 444. The predicted molar refractivity (Wildman–Crippen MR) is 109 cm³/mol. The summed E-state index contributed by atoms with van der Waals surface area (Å²) in [6.45, 7) is 2.21. The minimum absolute atomic E-state index is 0.104. The van der Waals surface area contributed by atoms with Crippen molar-refractivity contribution in [2.24, 2.45) is 0 Å². The third kappa shape index (κ3) is 12.8. The lowest BCUT2D eigenvalue weighted by molar-refractivity contribution is 0.0422. The van der Waals surface area contributed by atoms with Gasteiger partial charge in [0.15, 0.2) is 0 Å². The van der Waals surface area contributed by atoms with E-state index in [2.05, 4.69) is 37.3 Å². The van der Waals surface area contributed by atoms with E-state index in [1.54, 1.807) is 0 Å². The topological polar surface area (TPSA) is 46.5 Å². The molecule has 0 radical (unpaired) electrons. The van der Waals surface area contributed by atoms with Crippen molar-refractivity contribution >= 4 is 6.16 Å². The van der Waals surface area contributed by atoms with Crippen LogP contribution in [-0.2, 0) is 11.2 Å². The SMILES string of the molecule is CCCCCCCC(CCCCCCCCc1ccccc1)OC(=O)O. The van der Waals surface area contributed by atoms with Crippen LogP contribution in [0.15, 0.2) is 30.3 Å². The average Bonchev–Trinajstić information content (AvgIpc) is 2.64. The van der Waals surface area contributed by atoms with E-state index in [1.165, 1.54) is 69.8 Å². The molecule has 0 saturated heterocycles. The number of unbranched alkanes of at least 4 members (excludes halogenated alkanes) is 9. The summed E-state index contributed by atoms with van der Waals surface area (Å²) in [6, 6.07) is 10.7. The summed E-state index contributed by atoms with van der Waals surface area (Å²) in [5, 5.41) is 8.90. The van der Waals surface area contributed by atoms with E-state index in [0.717, 1.165) is 25.7 Å². The maximum atomic E-state index is 10.8. The molecule has 0 saturated carbocycles. The zero-order chi connectivity index (χ0) is 18.9. The van der Waals surface area contributed by atoms with Crippen molar-refractivity contribution in [3.63, 3.8) is 0 Å². The molecule has 0 amide bonds. The molecule has 3 nitrogen and oxygen atoms in total. The Morgan fingerprint density at radius 2 is 1.38 bits per heavy atom. The second kappa shape index (κ2) is 15.7. The minimum atomic E-state index is -1.12. The van der Waals surface area contributed by atoms with Crippen LogP contribution >= 0.6 is 0 Å². The summed E-state index contributed by atoms with van der Waals surface area (Å²) < 4.78 is 5.07. The number of carboxylic acid groups (broad SMARTS) is 1. The van der Waals surface area contributed by atoms with Crippen molar-refractivity contribution in [2.45, 2.75) is 103 Å². The van der Waals surface area contributed by atoms with Gasteiger partial charge in [-0.1, -0.05) is 88.6 Å². The molecule has 3 heteroatoms. The maximum absolute atomic E-state index is 10.8. The molecular formula is C23H38O3. The van der Waals surface area contributed by atoms with Gasteiger partial charge >= 0.3 is 6.16 Å². The van der Waals surface area contributed by atoms with E-state index in [0.29, 0.717) is 0 Å². The second-order valence-electron chi connectivity index (χ2n) is 7.35. The van der Waals surface area contributed by atoms with Gasteiger partial charge in [0.1, 0.15) is 6.10 Å². The summed E-state index contributed by atoms with van der Waals surface area (Å²) >= 11 is 0. The molecule has 1 N–H and O–H groups in total. The van der Waals surface area contributed by atoms with Crippen LogP contribution in [0.5, 0.6) is 0 Å². The van der Waals surface area contributed by atoms with Crippen molar-refractivity contribution < 1.29 is 14.6 Å². The number of benzene rings is 1. The fourth-order valence-electron chi connectivity index (χ4n) is 3.43.